The van der Waals surface area contributed by atoms with Crippen molar-refractivity contribution in [1.29, 1.82) is 0 Å². The van der Waals surface area contributed by atoms with Crippen molar-refractivity contribution in [1.82, 2.24) is 9.88 Å². The van der Waals surface area contributed by atoms with Gasteiger partial charge in [0.05, 0.1) is 13.5 Å². The number of likely N-dealkylation sites (tertiary alicyclic amines) is 1. The Morgan fingerprint density at radius 2 is 1.92 bits per heavy atom. The van der Waals surface area contributed by atoms with E-state index in [1.165, 1.54) is 24.8 Å². The van der Waals surface area contributed by atoms with Gasteiger partial charge in [-0.25, -0.2) is 13.8 Å². The summed E-state index contributed by atoms with van der Waals surface area (Å²) in [4.78, 5) is 31.3. The third-order valence-electron chi connectivity index (χ3n) is 7.36. The highest BCUT2D eigenvalue weighted by atomic mass is 19.1. The highest BCUT2D eigenvalue weighted by Crippen LogP contribution is 2.33. The number of aryl methyl sites for hydroxylation is 2. The number of ether oxygens (including phenoxy) is 1. The van der Waals surface area contributed by atoms with Crippen LogP contribution in [0.3, 0.4) is 0 Å². The van der Waals surface area contributed by atoms with Gasteiger partial charge in [-0.3, -0.25) is 9.59 Å². The first-order valence-electron chi connectivity index (χ1n) is 12.9. The summed E-state index contributed by atoms with van der Waals surface area (Å²) in [5.41, 5.74) is 2.75. The fourth-order valence-electron chi connectivity index (χ4n) is 5.34. The average molecular weight is 500 g/mol. The summed E-state index contributed by atoms with van der Waals surface area (Å²) in [6.45, 7) is 2.28. The zero-order chi connectivity index (χ0) is 25.5. The maximum absolute atomic E-state index is 13.8. The smallest absolute Gasteiger partial charge is 0.306 e. The van der Waals surface area contributed by atoms with Crippen LogP contribution in [0.15, 0.2) is 30.3 Å². The minimum atomic E-state index is -0.651. The van der Waals surface area contributed by atoms with Crippen molar-refractivity contribution < 1.29 is 23.1 Å². The van der Waals surface area contributed by atoms with E-state index >= 15 is 0 Å². The molecular weight excluding hydrogens is 464 g/mol. The normalized spacial score (nSPS) is 16.7. The Bertz CT molecular complexity index is 1050. The second-order valence-corrected chi connectivity index (χ2v) is 9.93. The molecule has 2 aliphatic rings. The van der Waals surface area contributed by atoms with Gasteiger partial charge in [0.25, 0.3) is 0 Å². The molecule has 1 N–H and O–H groups in total. The van der Waals surface area contributed by atoms with Gasteiger partial charge in [0.1, 0.15) is 17.5 Å². The van der Waals surface area contributed by atoms with Gasteiger partial charge < -0.3 is 15.0 Å². The summed E-state index contributed by atoms with van der Waals surface area (Å²) in [5.74, 6) is -0.622. The van der Waals surface area contributed by atoms with Crippen molar-refractivity contribution in [3.05, 3.63) is 58.8 Å². The molecule has 1 fully saturated rings. The Morgan fingerprint density at radius 3 is 2.64 bits per heavy atom. The lowest BCUT2D eigenvalue weighted by molar-refractivity contribution is -0.141. The number of fused-ring (bicyclic) bond motifs is 1. The van der Waals surface area contributed by atoms with Gasteiger partial charge in [-0.1, -0.05) is 6.07 Å². The quantitative estimate of drug-likeness (QED) is 0.491. The number of nitrogens with zero attached hydrogens (tertiary/aromatic N) is 2. The van der Waals surface area contributed by atoms with Gasteiger partial charge in [-0.05, 0) is 86.1 Å². The van der Waals surface area contributed by atoms with Crippen LogP contribution in [0.25, 0.3) is 0 Å². The van der Waals surface area contributed by atoms with E-state index < -0.39 is 17.6 Å². The van der Waals surface area contributed by atoms with Crippen LogP contribution < -0.4 is 5.32 Å². The molecule has 8 heteroatoms. The van der Waals surface area contributed by atoms with E-state index in [4.69, 9.17) is 9.72 Å². The first-order valence-corrected chi connectivity index (χ1v) is 12.9. The molecule has 0 aliphatic carbocycles. The molecule has 2 aromatic rings. The van der Waals surface area contributed by atoms with Crippen molar-refractivity contribution in [2.45, 2.75) is 63.7 Å². The summed E-state index contributed by atoms with van der Waals surface area (Å²) in [7, 11) is 1.31. The van der Waals surface area contributed by atoms with Crippen molar-refractivity contribution in [2.24, 2.45) is 5.92 Å². The van der Waals surface area contributed by atoms with Crippen molar-refractivity contribution >= 4 is 17.7 Å². The largest absolute Gasteiger partial charge is 0.469 e. The van der Waals surface area contributed by atoms with Crippen LogP contribution in [0.5, 0.6) is 0 Å². The number of carbonyl (C=O) groups excluding carboxylic acids is 2. The third kappa shape index (κ3) is 7.02. The van der Waals surface area contributed by atoms with Crippen LogP contribution in [0.4, 0.5) is 14.6 Å². The topological polar surface area (TPSA) is 71.5 Å². The zero-order valence-corrected chi connectivity index (χ0v) is 20.9. The molecule has 6 nitrogen and oxygen atoms in total. The molecule has 0 radical (unpaired) electrons. The Hall–Kier alpha value is -3.03. The standard InChI is InChI=1S/C28H35F2N3O3/c1-36-27(35)17-21(22-15-23(29)18-24(30)16-22)14-19-9-12-33(13-10-19)26(34)6-2-5-25-8-7-20-4-3-11-31-28(20)32-25/h7-8,15-16,18-19,21H,2-6,9-14,17H2,1H3,(H,31,32). The van der Waals surface area contributed by atoms with E-state index in [0.717, 1.165) is 62.6 Å². The minimum Gasteiger partial charge on any atom is -0.469 e. The molecule has 36 heavy (non-hydrogen) atoms. The van der Waals surface area contributed by atoms with Gasteiger partial charge in [-0.2, -0.15) is 0 Å². The van der Waals surface area contributed by atoms with Crippen LogP contribution in [0.2, 0.25) is 0 Å². The van der Waals surface area contributed by atoms with E-state index in [1.54, 1.807) is 0 Å². The highest BCUT2D eigenvalue weighted by molar-refractivity contribution is 5.76. The van der Waals surface area contributed by atoms with Crippen molar-refractivity contribution in [3.8, 4) is 0 Å². The molecule has 1 amide bonds. The number of rotatable bonds is 9. The highest BCUT2D eigenvalue weighted by Gasteiger charge is 2.27. The summed E-state index contributed by atoms with van der Waals surface area (Å²) in [6, 6.07) is 7.63. The number of piperidine rings is 1. The lowest BCUT2D eigenvalue weighted by atomic mass is 9.82. The summed E-state index contributed by atoms with van der Waals surface area (Å²) < 4.78 is 32.4. The number of hydrogen-bond donors (Lipinski definition) is 1. The van der Waals surface area contributed by atoms with Crippen LogP contribution >= 0.6 is 0 Å². The Labute approximate surface area is 211 Å². The lowest BCUT2D eigenvalue weighted by Gasteiger charge is -2.34. The first kappa shape index (κ1) is 26.0. The second kappa shape index (κ2) is 12.3. The van der Waals surface area contributed by atoms with Crippen LogP contribution in [0, 0.1) is 17.6 Å². The van der Waals surface area contributed by atoms with E-state index in [2.05, 4.69) is 17.4 Å². The maximum Gasteiger partial charge on any atom is 0.306 e. The summed E-state index contributed by atoms with van der Waals surface area (Å²) in [5, 5.41) is 3.35. The van der Waals surface area contributed by atoms with Crippen molar-refractivity contribution in [2.75, 3.05) is 32.1 Å². The Kier molecular flexibility index (Phi) is 8.88. The molecule has 1 aromatic carbocycles. The number of benzene rings is 1. The molecular formula is C28H35F2N3O3. The molecule has 3 heterocycles. The summed E-state index contributed by atoms with van der Waals surface area (Å²) >= 11 is 0. The van der Waals surface area contributed by atoms with Gasteiger partial charge >= 0.3 is 5.97 Å². The van der Waals surface area contributed by atoms with E-state index in [0.29, 0.717) is 31.5 Å². The molecule has 0 saturated carbocycles. The molecule has 0 spiro atoms. The van der Waals surface area contributed by atoms with Gasteiger partial charge in [0.15, 0.2) is 0 Å². The molecule has 194 valence electrons. The van der Waals surface area contributed by atoms with Crippen LogP contribution in [-0.4, -0.2) is 48.5 Å². The second-order valence-electron chi connectivity index (χ2n) is 9.93. The number of aromatic nitrogens is 1. The minimum absolute atomic E-state index is 0.0742. The number of esters is 1. The molecule has 1 aromatic heterocycles. The third-order valence-corrected chi connectivity index (χ3v) is 7.36. The fourth-order valence-corrected chi connectivity index (χ4v) is 5.34. The van der Waals surface area contributed by atoms with Crippen LogP contribution in [-0.2, 0) is 27.2 Å². The predicted molar refractivity (Wildman–Crippen MR) is 134 cm³/mol. The summed E-state index contributed by atoms with van der Waals surface area (Å²) in [6.07, 6.45) is 6.53. The van der Waals surface area contributed by atoms with E-state index in [-0.39, 0.29) is 24.2 Å². The Morgan fingerprint density at radius 1 is 1.17 bits per heavy atom. The SMILES string of the molecule is COC(=O)CC(CC1CCN(C(=O)CCCc2ccc3c(n2)NCCC3)CC1)c1cc(F)cc(F)c1. The molecule has 1 unspecified atom stereocenters. The number of methoxy groups -OCH3 is 1. The number of hydrogen-bond acceptors (Lipinski definition) is 5. The zero-order valence-electron chi connectivity index (χ0n) is 20.9. The number of carbonyl (C=O) groups is 2. The van der Waals surface area contributed by atoms with Gasteiger partial charge in [0.2, 0.25) is 5.91 Å². The predicted octanol–water partition coefficient (Wildman–Crippen LogP) is 5.02. The monoisotopic (exact) mass is 499 g/mol. The molecule has 4 rings (SSSR count). The molecule has 1 atom stereocenters. The first-order chi connectivity index (χ1) is 17.4. The number of nitrogens with one attached hydrogen (secondary N) is 1. The van der Waals surface area contributed by atoms with Crippen molar-refractivity contribution in [3.63, 3.8) is 0 Å². The average Bonchev–Trinajstić information content (AvgIpc) is 2.88. The van der Waals surface area contributed by atoms with Gasteiger partial charge in [0, 0.05) is 37.8 Å². The molecule has 2 aliphatic heterocycles. The molecule has 1 saturated heterocycles. The number of pyridine rings is 1. The van der Waals surface area contributed by atoms with E-state index in [1.807, 2.05) is 4.90 Å². The maximum atomic E-state index is 13.8. The Balaban J connectivity index is 1.25. The molecule has 0 bridgehead atoms. The number of halogens is 2. The number of anilines is 1. The lowest BCUT2D eigenvalue weighted by Crippen LogP contribution is -2.38. The number of amides is 1. The van der Waals surface area contributed by atoms with Crippen LogP contribution in [0.1, 0.15) is 67.7 Å². The fraction of sp³-hybridized carbons (Fsp3) is 0.536. The van der Waals surface area contributed by atoms with E-state index in [9.17, 15) is 18.4 Å². The van der Waals surface area contributed by atoms with Gasteiger partial charge in [-0.15, -0.1) is 0 Å².